The van der Waals surface area contributed by atoms with Gasteiger partial charge in [0.2, 0.25) is 0 Å². The minimum Gasteiger partial charge on any atom is -0.316 e. The van der Waals surface area contributed by atoms with Gasteiger partial charge in [0.1, 0.15) is 0 Å². The molecule has 0 radical (unpaired) electrons. The SMILES string of the molecule is CNCc1cccc(C(F)F)c1. The van der Waals surface area contributed by atoms with Crippen LogP contribution in [-0.2, 0) is 6.54 Å². The summed E-state index contributed by atoms with van der Waals surface area (Å²) in [6.07, 6.45) is -2.37. The second kappa shape index (κ2) is 4.16. The predicted octanol–water partition coefficient (Wildman–Crippen LogP) is 2.34. The molecule has 0 aliphatic heterocycles. The molecule has 0 saturated carbocycles. The van der Waals surface area contributed by atoms with Crippen LogP contribution in [0.5, 0.6) is 0 Å². The molecule has 0 aliphatic rings. The highest BCUT2D eigenvalue weighted by Crippen LogP contribution is 2.19. The highest BCUT2D eigenvalue weighted by molar-refractivity contribution is 5.24. The molecular weight excluding hydrogens is 160 g/mol. The molecule has 0 saturated heterocycles. The molecule has 1 nitrogen and oxygen atoms in total. The van der Waals surface area contributed by atoms with Crippen LogP contribution in [0.25, 0.3) is 0 Å². The summed E-state index contributed by atoms with van der Waals surface area (Å²) in [7, 11) is 1.79. The quantitative estimate of drug-likeness (QED) is 0.736. The van der Waals surface area contributed by atoms with Gasteiger partial charge in [0.15, 0.2) is 0 Å². The first-order valence-electron chi connectivity index (χ1n) is 3.75. The molecule has 1 N–H and O–H groups in total. The zero-order valence-corrected chi connectivity index (χ0v) is 6.85. The number of halogens is 2. The summed E-state index contributed by atoms with van der Waals surface area (Å²) in [5.74, 6) is 0. The molecule has 12 heavy (non-hydrogen) atoms. The van der Waals surface area contributed by atoms with E-state index in [4.69, 9.17) is 0 Å². The summed E-state index contributed by atoms with van der Waals surface area (Å²) in [5.41, 5.74) is 0.970. The first-order valence-corrected chi connectivity index (χ1v) is 3.75. The van der Waals surface area contributed by atoms with Crippen molar-refractivity contribution in [3.8, 4) is 0 Å². The van der Waals surface area contributed by atoms with Gasteiger partial charge in [-0.05, 0) is 18.7 Å². The number of benzene rings is 1. The minimum atomic E-state index is -2.37. The second-order valence-corrected chi connectivity index (χ2v) is 2.58. The third-order valence-corrected chi connectivity index (χ3v) is 1.58. The molecule has 0 heterocycles. The summed E-state index contributed by atoms with van der Waals surface area (Å²) in [4.78, 5) is 0. The Hall–Kier alpha value is -0.960. The van der Waals surface area contributed by atoms with Gasteiger partial charge in [-0.3, -0.25) is 0 Å². The molecular formula is C9H11F2N. The molecule has 0 fully saturated rings. The van der Waals surface area contributed by atoms with Gasteiger partial charge in [-0.1, -0.05) is 18.2 Å². The Morgan fingerprint density at radius 1 is 1.42 bits per heavy atom. The van der Waals surface area contributed by atoms with Crippen molar-refractivity contribution in [3.63, 3.8) is 0 Å². The van der Waals surface area contributed by atoms with Crippen LogP contribution in [0.3, 0.4) is 0 Å². The summed E-state index contributed by atoms with van der Waals surface area (Å²) in [6, 6.07) is 6.42. The Labute approximate surface area is 70.4 Å². The van der Waals surface area contributed by atoms with Crippen molar-refractivity contribution in [2.75, 3.05) is 7.05 Å². The maximum absolute atomic E-state index is 12.2. The van der Waals surface area contributed by atoms with Gasteiger partial charge in [-0.25, -0.2) is 8.78 Å². The molecule has 0 spiro atoms. The van der Waals surface area contributed by atoms with E-state index in [1.807, 2.05) is 6.07 Å². The van der Waals surface area contributed by atoms with Crippen molar-refractivity contribution < 1.29 is 8.78 Å². The van der Waals surface area contributed by atoms with Crippen molar-refractivity contribution >= 4 is 0 Å². The third kappa shape index (κ3) is 2.27. The zero-order valence-electron chi connectivity index (χ0n) is 6.85. The molecule has 1 aromatic rings. The molecule has 66 valence electrons. The van der Waals surface area contributed by atoms with E-state index in [-0.39, 0.29) is 5.56 Å². The van der Waals surface area contributed by atoms with E-state index < -0.39 is 6.43 Å². The van der Waals surface area contributed by atoms with Crippen LogP contribution in [0.15, 0.2) is 24.3 Å². The monoisotopic (exact) mass is 171 g/mol. The topological polar surface area (TPSA) is 12.0 Å². The predicted molar refractivity (Wildman–Crippen MR) is 44.2 cm³/mol. The Kier molecular flexibility index (Phi) is 3.17. The molecule has 0 amide bonds. The average molecular weight is 171 g/mol. The van der Waals surface area contributed by atoms with Gasteiger partial charge in [-0.2, -0.15) is 0 Å². The molecule has 0 bridgehead atoms. The highest BCUT2D eigenvalue weighted by Gasteiger charge is 2.05. The zero-order chi connectivity index (χ0) is 8.97. The van der Waals surface area contributed by atoms with E-state index in [1.165, 1.54) is 12.1 Å². The summed E-state index contributed by atoms with van der Waals surface area (Å²) in [6.45, 7) is 0.626. The normalized spacial score (nSPS) is 10.7. The third-order valence-electron chi connectivity index (χ3n) is 1.58. The Morgan fingerprint density at radius 3 is 2.75 bits per heavy atom. The van der Waals surface area contributed by atoms with Gasteiger partial charge in [0, 0.05) is 12.1 Å². The van der Waals surface area contributed by atoms with Crippen molar-refractivity contribution in [1.29, 1.82) is 0 Å². The number of rotatable bonds is 3. The molecule has 0 unspecified atom stereocenters. The fourth-order valence-electron chi connectivity index (χ4n) is 1.04. The van der Waals surface area contributed by atoms with E-state index >= 15 is 0 Å². The first-order chi connectivity index (χ1) is 5.74. The van der Waals surface area contributed by atoms with Crippen LogP contribution < -0.4 is 5.32 Å². The lowest BCUT2D eigenvalue weighted by atomic mass is 10.1. The van der Waals surface area contributed by atoms with E-state index in [0.717, 1.165) is 5.56 Å². The number of alkyl halides is 2. The van der Waals surface area contributed by atoms with Gasteiger partial charge >= 0.3 is 0 Å². The van der Waals surface area contributed by atoms with Crippen LogP contribution in [0.1, 0.15) is 17.6 Å². The fraction of sp³-hybridized carbons (Fsp3) is 0.333. The summed E-state index contributed by atoms with van der Waals surface area (Å²) in [5, 5.41) is 2.91. The van der Waals surface area contributed by atoms with E-state index in [1.54, 1.807) is 13.1 Å². The molecule has 3 heteroatoms. The lowest BCUT2D eigenvalue weighted by molar-refractivity contribution is 0.151. The molecule has 1 rings (SSSR count). The number of hydrogen-bond acceptors (Lipinski definition) is 1. The standard InChI is InChI=1S/C9H11F2N/c1-12-6-7-3-2-4-8(5-7)9(10)11/h2-5,9,12H,6H2,1H3. The van der Waals surface area contributed by atoms with Crippen molar-refractivity contribution in [1.82, 2.24) is 5.32 Å². The van der Waals surface area contributed by atoms with Gasteiger partial charge in [0.05, 0.1) is 0 Å². The van der Waals surface area contributed by atoms with Crippen LogP contribution in [0.4, 0.5) is 8.78 Å². The first kappa shape index (κ1) is 9.13. The maximum Gasteiger partial charge on any atom is 0.263 e. The maximum atomic E-state index is 12.2. The largest absolute Gasteiger partial charge is 0.316 e. The van der Waals surface area contributed by atoms with Crippen molar-refractivity contribution in [2.24, 2.45) is 0 Å². The second-order valence-electron chi connectivity index (χ2n) is 2.58. The molecule has 1 aromatic carbocycles. The van der Waals surface area contributed by atoms with Crippen LogP contribution in [0.2, 0.25) is 0 Å². The lowest BCUT2D eigenvalue weighted by Crippen LogP contribution is -2.05. The van der Waals surface area contributed by atoms with E-state index in [0.29, 0.717) is 6.54 Å². The number of nitrogens with one attached hydrogen (secondary N) is 1. The fourth-order valence-corrected chi connectivity index (χ4v) is 1.04. The highest BCUT2D eigenvalue weighted by atomic mass is 19.3. The molecule has 0 atom stereocenters. The number of hydrogen-bond donors (Lipinski definition) is 1. The smallest absolute Gasteiger partial charge is 0.263 e. The van der Waals surface area contributed by atoms with Gasteiger partial charge in [-0.15, -0.1) is 0 Å². The van der Waals surface area contributed by atoms with Gasteiger partial charge in [0.25, 0.3) is 6.43 Å². The Balaban J connectivity index is 2.81. The Morgan fingerprint density at radius 2 is 2.17 bits per heavy atom. The minimum absolute atomic E-state index is 0.0859. The summed E-state index contributed by atoms with van der Waals surface area (Å²) >= 11 is 0. The van der Waals surface area contributed by atoms with E-state index in [9.17, 15) is 8.78 Å². The Bertz CT molecular complexity index is 248. The van der Waals surface area contributed by atoms with Crippen molar-refractivity contribution in [2.45, 2.75) is 13.0 Å². The molecule has 0 aromatic heterocycles. The van der Waals surface area contributed by atoms with Crippen LogP contribution in [0, 0.1) is 0 Å². The molecule has 0 aliphatic carbocycles. The summed E-state index contributed by atoms with van der Waals surface area (Å²) < 4.78 is 24.3. The van der Waals surface area contributed by atoms with Crippen LogP contribution in [-0.4, -0.2) is 7.05 Å². The lowest BCUT2D eigenvalue weighted by Gasteiger charge is -2.03. The average Bonchev–Trinajstić information content (AvgIpc) is 2.05. The van der Waals surface area contributed by atoms with Crippen molar-refractivity contribution in [3.05, 3.63) is 35.4 Å². The van der Waals surface area contributed by atoms with Crippen LogP contribution >= 0.6 is 0 Å². The van der Waals surface area contributed by atoms with E-state index in [2.05, 4.69) is 5.32 Å². The van der Waals surface area contributed by atoms with Gasteiger partial charge < -0.3 is 5.32 Å².